The van der Waals surface area contributed by atoms with Crippen LogP contribution in [0.15, 0.2) is 84.9 Å². The van der Waals surface area contributed by atoms with Crippen molar-refractivity contribution in [3.05, 3.63) is 113 Å². The first-order valence-corrected chi connectivity index (χ1v) is 11.9. The van der Waals surface area contributed by atoms with Gasteiger partial charge in [-0.2, -0.15) is 23.5 Å². The number of benzene rings is 3. The largest absolute Gasteiger partial charge is 0.432 e. The highest BCUT2D eigenvalue weighted by molar-refractivity contribution is 6.10. The average Bonchev–Trinajstić information content (AvgIpc) is 3.42. The van der Waals surface area contributed by atoms with Crippen LogP contribution in [0, 0.1) is 11.3 Å². The third kappa shape index (κ3) is 5.89. The summed E-state index contributed by atoms with van der Waals surface area (Å²) in [6.07, 6.45) is -1.74. The number of H-pyrrole nitrogens is 1. The van der Waals surface area contributed by atoms with E-state index in [-0.39, 0.29) is 11.6 Å². The minimum atomic E-state index is -4.67. The molecule has 37 heavy (non-hydrogen) atoms. The highest BCUT2D eigenvalue weighted by Crippen LogP contribution is 2.35. The van der Waals surface area contributed by atoms with E-state index >= 15 is 0 Å². The van der Waals surface area contributed by atoms with Crippen molar-refractivity contribution in [2.75, 3.05) is 4.90 Å². The quantitative estimate of drug-likeness (QED) is 0.270. The molecule has 0 fully saturated rings. The van der Waals surface area contributed by atoms with Gasteiger partial charge in [0.1, 0.15) is 5.69 Å². The molecule has 1 heterocycles. The van der Waals surface area contributed by atoms with Gasteiger partial charge in [0.25, 0.3) is 5.91 Å². The van der Waals surface area contributed by atoms with Crippen molar-refractivity contribution in [2.24, 2.45) is 0 Å². The normalized spacial score (nSPS) is 12.1. The van der Waals surface area contributed by atoms with Gasteiger partial charge in [0, 0.05) is 17.7 Å². The molecule has 1 atom stereocenters. The number of unbranched alkanes of at least 4 members (excludes halogenated alkanes) is 1. The minimum absolute atomic E-state index is 0.0747. The first-order valence-electron chi connectivity index (χ1n) is 11.9. The summed E-state index contributed by atoms with van der Waals surface area (Å²) in [5.41, 5.74) is 1.75. The number of carbonyl (C=O) groups excluding carboxylic acids is 1. The molecule has 1 amide bonds. The lowest BCUT2D eigenvalue weighted by Gasteiger charge is -2.25. The van der Waals surface area contributed by atoms with Crippen molar-refractivity contribution < 1.29 is 18.0 Å². The maximum absolute atomic E-state index is 13.6. The van der Waals surface area contributed by atoms with Crippen molar-refractivity contribution in [3.8, 4) is 6.07 Å². The molecule has 4 aromatic rings. The van der Waals surface area contributed by atoms with Crippen LogP contribution in [0.2, 0.25) is 0 Å². The molecule has 0 radical (unpaired) electrons. The zero-order chi connectivity index (χ0) is 26.4. The molecule has 1 unspecified atom stereocenters. The number of anilines is 2. The topological polar surface area (TPSA) is 72.8 Å². The Morgan fingerprint density at radius 1 is 0.973 bits per heavy atom. The highest BCUT2D eigenvalue weighted by Gasteiger charge is 2.35. The molecule has 0 spiro atoms. The lowest BCUT2D eigenvalue weighted by molar-refractivity contribution is -0.141. The zero-order valence-corrected chi connectivity index (χ0v) is 20.2. The van der Waals surface area contributed by atoms with Crippen LogP contribution in [0.1, 0.15) is 65.0 Å². The number of aromatic amines is 1. The van der Waals surface area contributed by atoms with Gasteiger partial charge in [-0.1, -0.05) is 68.3 Å². The standard InChI is InChI=1S/C29H25F3N4O/c1-2-3-15-25(21-10-5-4-6-11-21)22-12-8-14-24(17-22)36(23-13-7-9-20(16-23)19-33)28(37)26-18-27(35-34-26)29(30,31)32/h4-14,16-18,25H,2-3,15H2,1H3,(H,34,35). The molecule has 4 rings (SSSR count). The number of nitrogens with one attached hydrogen (secondary N) is 1. The van der Waals surface area contributed by atoms with Crippen LogP contribution in [0.5, 0.6) is 0 Å². The van der Waals surface area contributed by atoms with Crippen LogP contribution in [0.25, 0.3) is 0 Å². The Balaban J connectivity index is 1.81. The number of hydrogen-bond acceptors (Lipinski definition) is 3. The summed E-state index contributed by atoms with van der Waals surface area (Å²) >= 11 is 0. The van der Waals surface area contributed by atoms with Crippen LogP contribution in [-0.4, -0.2) is 16.1 Å². The van der Waals surface area contributed by atoms with E-state index in [1.807, 2.05) is 47.6 Å². The van der Waals surface area contributed by atoms with E-state index in [0.717, 1.165) is 30.4 Å². The van der Waals surface area contributed by atoms with E-state index < -0.39 is 17.8 Å². The van der Waals surface area contributed by atoms with Crippen molar-refractivity contribution in [1.29, 1.82) is 5.26 Å². The molecular weight excluding hydrogens is 477 g/mol. The Morgan fingerprint density at radius 3 is 2.30 bits per heavy atom. The van der Waals surface area contributed by atoms with Gasteiger partial charge in [-0.15, -0.1) is 0 Å². The maximum Gasteiger partial charge on any atom is 0.432 e. The van der Waals surface area contributed by atoms with Crippen molar-refractivity contribution in [1.82, 2.24) is 10.2 Å². The van der Waals surface area contributed by atoms with Gasteiger partial charge >= 0.3 is 6.18 Å². The van der Waals surface area contributed by atoms with Crippen LogP contribution < -0.4 is 4.90 Å². The fourth-order valence-electron chi connectivity index (χ4n) is 4.29. The summed E-state index contributed by atoms with van der Waals surface area (Å²) in [5.74, 6) is -0.672. The first kappa shape index (κ1) is 25.7. The SMILES string of the molecule is CCCCC(c1ccccc1)c1cccc(N(C(=O)c2cc(C(F)(F)F)[nH]n2)c2cccc(C#N)c2)c1. The molecule has 0 bridgehead atoms. The second-order valence-corrected chi connectivity index (χ2v) is 8.67. The number of carbonyl (C=O) groups is 1. The van der Waals surface area contributed by atoms with Gasteiger partial charge in [-0.3, -0.25) is 14.8 Å². The molecule has 5 nitrogen and oxygen atoms in total. The predicted octanol–water partition coefficient (Wildman–Crippen LogP) is 7.60. The average molecular weight is 503 g/mol. The van der Waals surface area contributed by atoms with Crippen molar-refractivity contribution >= 4 is 17.3 Å². The number of amides is 1. The summed E-state index contributed by atoms with van der Waals surface area (Å²) < 4.78 is 39.5. The molecule has 0 aliphatic heterocycles. The third-order valence-corrected chi connectivity index (χ3v) is 6.12. The molecule has 3 aromatic carbocycles. The molecule has 188 valence electrons. The first-order chi connectivity index (χ1) is 17.8. The number of nitrogens with zero attached hydrogens (tertiary/aromatic N) is 3. The molecule has 0 saturated carbocycles. The predicted molar refractivity (Wildman–Crippen MR) is 135 cm³/mol. The van der Waals surface area contributed by atoms with E-state index in [4.69, 9.17) is 0 Å². The number of halogens is 3. The monoisotopic (exact) mass is 502 g/mol. The summed E-state index contributed by atoms with van der Waals surface area (Å²) in [4.78, 5) is 14.9. The van der Waals surface area contributed by atoms with Crippen molar-refractivity contribution in [3.63, 3.8) is 0 Å². The van der Waals surface area contributed by atoms with Crippen LogP contribution in [-0.2, 0) is 6.18 Å². The second-order valence-electron chi connectivity index (χ2n) is 8.67. The van der Waals surface area contributed by atoms with E-state index in [0.29, 0.717) is 23.0 Å². The van der Waals surface area contributed by atoms with Gasteiger partial charge in [0.2, 0.25) is 0 Å². The Morgan fingerprint density at radius 2 is 1.65 bits per heavy atom. The van der Waals surface area contributed by atoms with Gasteiger partial charge in [-0.05, 0) is 47.9 Å². The van der Waals surface area contributed by atoms with Crippen molar-refractivity contribution in [2.45, 2.75) is 38.3 Å². The summed E-state index contributed by atoms with van der Waals surface area (Å²) in [6.45, 7) is 2.13. The Hall–Kier alpha value is -4.38. The van der Waals surface area contributed by atoms with Gasteiger partial charge < -0.3 is 0 Å². The fraction of sp³-hybridized carbons (Fsp3) is 0.207. The summed E-state index contributed by atoms with van der Waals surface area (Å²) in [7, 11) is 0. The smallest absolute Gasteiger partial charge is 0.276 e. The van der Waals surface area contributed by atoms with E-state index in [1.165, 1.54) is 11.0 Å². The minimum Gasteiger partial charge on any atom is -0.276 e. The van der Waals surface area contributed by atoms with Gasteiger partial charge in [-0.25, -0.2) is 0 Å². The number of hydrogen-bond donors (Lipinski definition) is 1. The molecule has 1 aromatic heterocycles. The molecule has 0 aliphatic rings. The number of rotatable bonds is 8. The number of alkyl halides is 3. The van der Waals surface area contributed by atoms with Gasteiger partial charge in [0.05, 0.1) is 17.3 Å². The maximum atomic E-state index is 13.6. The van der Waals surface area contributed by atoms with E-state index in [9.17, 15) is 23.2 Å². The number of aromatic nitrogens is 2. The lowest BCUT2D eigenvalue weighted by atomic mass is 9.87. The molecule has 1 N–H and O–H groups in total. The molecular formula is C29H25F3N4O. The second kappa shape index (κ2) is 11.1. The highest BCUT2D eigenvalue weighted by atomic mass is 19.4. The number of nitriles is 1. The van der Waals surface area contributed by atoms with Gasteiger partial charge in [0.15, 0.2) is 5.69 Å². The van der Waals surface area contributed by atoms with E-state index in [2.05, 4.69) is 24.2 Å². The van der Waals surface area contributed by atoms with E-state index in [1.54, 1.807) is 24.3 Å². The third-order valence-electron chi connectivity index (χ3n) is 6.12. The molecule has 0 saturated heterocycles. The summed E-state index contributed by atoms with van der Waals surface area (Å²) in [6, 6.07) is 26.6. The Labute approximate surface area is 213 Å². The molecule has 0 aliphatic carbocycles. The zero-order valence-electron chi connectivity index (χ0n) is 20.2. The lowest BCUT2D eigenvalue weighted by Crippen LogP contribution is -2.26. The van der Waals surface area contributed by atoms with Crippen LogP contribution in [0.3, 0.4) is 0 Å². The molecule has 8 heteroatoms. The Bertz CT molecular complexity index is 1410. The van der Waals surface area contributed by atoms with Crippen LogP contribution >= 0.6 is 0 Å². The van der Waals surface area contributed by atoms with Crippen LogP contribution in [0.4, 0.5) is 24.5 Å². The Kier molecular flexibility index (Phi) is 7.73. The fourth-order valence-corrected chi connectivity index (χ4v) is 4.29. The summed E-state index contributed by atoms with van der Waals surface area (Å²) in [5, 5.41) is 14.9.